The molecule has 0 atom stereocenters. The molecular formula is C11H9N5S. The lowest BCUT2D eigenvalue weighted by atomic mass is 10.3. The van der Waals surface area contributed by atoms with Crippen molar-refractivity contribution in [1.82, 2.24) is 24.5 Å². The van der Waals surface area contributed by atoms with Gasteiger partial charge >= 0.3 is 0 Å². The van der Waals surface area contributed by atoms with E-state index in [4.69, 9.17) is 12.2 Å². The van der Waals surface area contributed by atoms with E-state index in [0.717, 1.165) is 16.7 Å². The van der Waals surface area contributed by atoms with Gasteiger partial charge in [0, 0.05) is 12.4 Å². The molecule has 0 spiro atoms. The highest BCUT2D eigenvalue weighted by Crippen LogP contribution is 2.13. The molecule has 0 fully saturated rings. The summed E-state index contributed by atoms with van der Waals surface area (Å²) in [4.78, 5) is 15.3. The van der Waals surface area contributed by atoms with E-state index in [1.165, 1.54) is 6.33 Å². The summed E-state index contributed by atoms with van der Waals surface area (Å²) in [5.41, 5.74) is 2.89. The molecule has 0 aliphatic carbocycles. The molecule has 0 aliphatic heterocycles. The lowest BCUT2D eigenvalue weighted by Gasteiger charge is -2.02. The molecule has 1 N–H and O–H groups in total. The Morgan fingerprint density at radius 1 is 1.24 bits per heavy atom. The van der Waals surface area contributed by atoms with Crippen molar-refractivity contribution >= 4 is 23.3 Å². The molecular weight excluding hydrogens is 234 g/mol. The first kappa shape index (κ1) is 10.1. The van der Waals surface area contributed by atoms with Crippen molar-refractivity contribution in [2.45, 2.75) is 6.54 Å². The maximum atomic E-state index is 5.29. The normalized spacial score (nSPS) is 10.8. The third-order valence-electron chi connectivity index (χ3n) is 2.54. The van der Waals surface area contributed by atoms with Crippen LogP contribution < -0.4 is 0 Å². The number of H-pyrrole nitrogens is 1. The first-order valence-electron chi connectivity index (χ1n) is 5.12. The quantitative estimate of drug-likeness (QED) is 0.699. The van der Waals surface area contributed by atoms with E-state index in [1.54, 1.807) is 18.6 Å². The van der Waals surface area contributed by atoms with Crippen molar-refractivity contribution in [1.29, 1.82) is 0 Å². The van der Waals surface area contributed by atoms with Gasteiger partial charge in [0.25, 0.3) is 0 Å². The third kappa shape index (κ3) is 1.83. The van der Waals surface area contributed by atoms with E-state index >= 15 is 0 Å². The molecule has 3 aromatic rings. The van der Waals surface area contributed by atoms with Crippen LogP contribution in [-0.2, 0) is 6.54 Å². The summed E-state index contributed by atoms with van der Waals surface area (Å²) in [6.07, 6.45) is 6.78. The van der Waals surface area contributed by atoms with Crippen LogP contribution >= 0.6 is 12.2 Å². The maximum Gasteiger partial charge on any atom is 0.178 e. The lowest BCUT2D eigenvalue weighted by Crippen LogP contribution is -2.01. The number of hydrogen-bond acceptors (Lipinski definition) is 4. The highest BCUT2D eigenvalue weighted by atomic mass is 32.1. The van der Waals surface area contributed by atoms with Gasteiger partial charge in [0.2, 0.25) is 0 Å². The molecule has 0 aromatic carbocycles. The molecule has 3 aromatic heterocycles. The van der Waals surface area contributed by atoms with Gasteiger partial charge in [0.1, 0.15) is 6.33 Å². The van der Waals surface area contributed by atoms with E-state index in [9.17, 15) is 0 Å². The predicted molar refractivity (Wildman–Crippen MR) is 66.1 cm³/mol. The first-order valence-corrected chi connectivity index (χ1v) is 5.53. The molecule has 0 aliphatic rings. The molecule has 6 heteroatoms. The minimum atomic E-state index is 0.630. The number of imidazole rings is 1. The largest absolute Gasteiger partial charge is 0.329 e. The van der Waals surface area contributed by atoms with E-state index < -0.39 is 0 Å². The van der Waals surface area contributed by atoms with Crippen LogP contribution in [0.4, 0.5) is 0 Å². The number of fused-ring (bicyclic) bond motifs is 1. The van der Waals surface area contributed by atoms with Gasteiger partial charge in [0.05, 0.1) is 29.5 Å². The Morgan fingerprint density at radius 3 is 2.94 bits per heavy atom. The Kier molecular flexibility index (Phi) is 2.41. The molecule has 17 heavy (non-hydrogen) atoms. The SMILES string of the molecule is S=c1[nH]c2cnccc2n1Cc1ccncn1. The second kappa shape index (κ2) is 4.06. The van der Waals surface area contributed by atoms with Crippen molar-refractivity contribution in [3.63, 3.8) is 0 Å². The van der Waals surface area contributed by atoms with Gasteiger partial charge in [-0.25, -0.2) is 9.97 Å². The third-order valence-corrected chi connectivity index (χ3v) is 2.86. The predicted octanol–water partition coefficient (Wildman–Crippen LogP) is 1.93. The van der Waals surface area contributed by atoms with Gasteiger partial charge in [-0.3, -0.25) is 4.98 Å². The summed E-state index contributed by atoms with van der Waals surface area (Å²) in [6, 6.07) is 3.81. The number of nitrogens with zero attached hydrogens (tertiary/aromatic N) is 4. The fraction of sp³-hybridized carbons (Fsp3) is 0.0909. The van der Waals surface area contributed by atoms with Crippen LogP contribution in [0.5, 0.6) is 0 Å². The minimum absolute atomic E-state index is 0.630. The Bertz CT molecular complexity index is 700. The number of pyridine rings is 1. The van der Waals surface area contributed by atoms with Crippen molar-refractivity contribution in [2.75, 3.05) is 0 Å². The zero-order valence-electron chi connectivity index (χ0n) is 8.87. The summed E-state index contributed by atoms with van der Waals surface area (Å²) in [6.45, 7) is 0.630. The maximum absolute atomic E-state index is 5.29. The Labute approximate surface area is 102 Å². The van der Waals surface area contributed by atoms with Crippen molar-refractivity contribution in [3.8, 4) is 0 Å². The molecule has 3 rings (SSSR count). The smallest absolute Gasteiger partial charge is 0.178 e. The summed E-state index contributed by atoms with van der Waals surface area (Å²) >= 11 is 5.29. The summed E-state index contributed by atoms with van der Waals surface area (Å²) < 4.78 is 2.67. The first-order chi connectivity index (χ1) is 8.34. The van der Waals surface area contributed by atoms with E-state index in [2.05, 4.69) is 19.9 Å². The molecule has 0 amide bonds. The molecule has 0 saturated heterocycles. The summed E-state index contributed by atoms with van der Waals surface area (Å²) in [5, 5.41) is 0. The van der Waals surface area contributed by atoms with Gasteiger partial charge in [-0.1, -0.05) is 0 Å². The molecule has 0 unspecified atom stereocenters. The summed E-state index contributed by atoms with van der Waals surface area (Å²) in [5.74, 6) is 0. The number of aromatic amines is 1. The van der Waals surface area contributed by atoms with Crippen LogP contribution in [0.2, 0.25) is 0 Å². The van der Waals surface area contributed by atoms with E-state index in [-0.39, 0.29) is 0 Å². The summed E-state index contributed by atoms with van der Waals surface area (Å²) in [7, 11) is 0. The van der Waals surface area contributed by atoms with Gasteiger partial charge in [-0.2, -0.15) is 0 Å². The lowest BCUT2D eigenvalue weighted by molar-refractivity contribution is 0.780. The van der Waals surface area contributed by atoms with Gasteiger partial charge < -0.3 is 9.55 Å². The number of hydrogen-bond donors (Lipinski definition) is 1. The Balaban J connectivity index is 2.12. The minimum Gasteiger partial charge on any atom is -0.329 e. The fourth-order valence-corrected chi connectivity index (χ4v) is 2.01. The van der Waals surface area contributed by atoms with Crippen molar-refractivity contribution in [3.05, 3.63) is 47.5 Å². The van der Waals surface area contributed by atoms with Gasteiger partial charge in [0.15, 0.2) is 4.77 Å². The number of aromatic nitrogens is 5. The van der Waals surface area contributed by atoms with Crippen molar-refractivity contribution in [2.24, 2.45) is 0 Å². The molecule has 3 heterocycles. The van der Waals surface area contributed by atoms with Gasteiger partial charge in [-0.05, 0) is 24.4 Å². The molecule has 84 valence electrons. The molecule has 0 saturated carbocycles. The van der Waals surface area contributed by atoms with Crippen LogP contribution in [0.25, 0.3) is 11.0 Å². The van der Waals surface area contributed by atoms with Crippen LogP contribution in [0, 0.1) is 4.77 Å². The van der Waals surface area contributed by atoms with Crippen LogP contribution in [0.15, 0.2) is 37.1 Å². The van der Waals surface area contributed by atoms with E-state index in [1.807, 2.05) is 16.7 Å². The van der Waals surface area contributed by atoms with Crippen molar-refractivity contribution < 1.29 is 0 Å². The second-order valence-corrected chi connectivity index (χ2v) is 4.00. The van der Waals surface area contributed by atoms with Crippen LogP contribution in [-0.4, -0.2) is 24.5 Å². The zero-order chi connectivity index (χ0) is 11.7. The average Bonchev–Trinajstić information content (AvgIpc) is 2.68. The fourth-order valence-electron chi connectivity index (χ4n) is 1.74. The Hall–Kier alpha value is -2.08. The molecule has 5 nitrogen and oxygen atoms in total. The number of nitrogens with one attached hydrogen (secondary N) is 1. The zero-order valence-corrected chi connectivity index (χ0v) is 9.68. The Morgan fingerprint density at radius 2 is 2.12 bits per heavy atom. The topological polar surface area (TPSA) is 59.4 Å². The monoisotopic (exact) mass is 243 g/mol. The molecule has 0 radical (unpaired) electrons. The standard InChI is InChI=1S/C11H9N5S/c17-11-15-9-5-12-4-2-10(9)16(11)6-8-1-3-13-7-14-8/h1-5,7H,6H2,(H,15,17). The average molecular weight is 243 g/mol. The second-order valence-electron chi connectivity index (χ2n) is 3.61. The van der Waals surface area contributed by atoms with Crippen LogP contribution in [0.3, 0.4) is 0 Å². The van der Waals surface area contributed by atoms with Gasteiger partial charge in [-0.15, -0.1) is 0 Å². The number of rotatable bonds is 2. The highest BCUT2D eigenvalue weighted by Gasteiger charge is 2.04. The highest BCUT2D eigenvalue weighted by molar-refractivity contribution is 7.71. The van der Waals surface area contributed by atoms with Crippen LogP contribution in [0.1, 0.15) is 5.69 Å². The molecule has 0 bridgehead atoms. The van der Waals surface area contributed by atoms with E-state index in [0.29, 0.717) is 11.3 Å².